The highest BCUT2D eigenvalue weighted by Gasteiger charge is 2.25. The highest BCUT2D eigenvalue weighted by molar-refractivity contribution is 6.01. The maximum atomic E-state index is 5.15. The van der Waals surface area contributed by atoms with Gasteiger partial charge >= 0.3 is 0 Å². The van der Waals surface area contributed by atoms with E-state index in [4.69, 9.17) is 15.0 Å². The fourth-order valence-electron chi connectivity index (χ4n) is 6.57. The van der Waals surface area contributed by atoms with Gasteiger partial charge in [0, 0.05) is 28.1 Å². The van der Waals surface area contributed by atoms with Gasteiger partial charge in [-0.15, -0.1) is 0 Å². The Hall–Kier alpha value is -6.50. The minimum absolute atomic E-state index is 0.0900. The lowest BCUT2D eigenvalue weighted by Crippen LogP contribution is -2.44. The number of hydrogen-bond acceptors (Lipinski definition) is 6. The number of benzene rings is 5. The molecule has 9 rings (SSSR count). The molecule has 2 N–H and O–H groups in total. The monoisotopic (exact) mass is 644 g/mol. The van der Waals surface area contributed by atoms with Gasteiger partial charge in [-0.2, -0.15) is 0 Å². The van der Waals surface area contributed by atoms with Gasteiger partial charge in [0.1, 0.15) is 18.2 Å². The summed E-state index contributed by atoms with van der Waals surface area (Å²) in [5.41, 5.74) is 11.0. The minimum atomic E-state index is -0.184. The number of aromatic nitrogens is 3. The van der Waals surface area contributed by atoms with Crippen molar-refractivity contribution in [1.82, 2.24) is 25.6 Å². The Bertz CT molecular complexity index is 2500. The van der Waals surface area contributed by atoms with Gasteiger partial charge in [0.15, 0.2) is 0 Å². The molecule has 3 aromatic heterocycles. The normalized spacial score (nSPS) is 15.8. The molecule has 8 aromatic rings. The molecule has 0 aliphatic carbocycles. The molecule has 2 unspecified atom stereocenters. The van der Waals surface area contributed by atoms with Gasteiger partial charge in [-0.1, -0.05) is 121 Å². The maximum absolute atomic E-state index is 5.15. The largest absolute Gasteiger partial charge is 0.350 e. The lowest BCUT2D eigenvalue weighted by atomic mass is 10.00. The molecular weight excluding hydrogens is 613 g/mol. The number of rotatable bonds is 6. The van der Waals surface area contributed by atoms with Crippen molar-refractivity contribution in [3.63, 3.8) is 0 Å². The first-order valence-corrected chi connectivity index (χ1v) is 16.8. The first-order chi connectivity index (χ1) is 24.7. The number of pyridine rings is 3. The van der Waals surface area contributed by atoms with Crippen LogP contribution in [0.15, 0.2) is 175 Å². The van der Waals surface area contributed by atoms with Crippen LogP contribution in [0.2, 0.25) is 0 Å². The van der Waals surface area contributed by atoms with Gasteiger partial charge in [-0.25, -0.2) is 15.0 Å². The van der Waals surface area contributed by atoms with E-state index in [1.807, 2.05) is 36.4 Å². The van der Waals surface area contributed by atoms with Crippen LogP contribution in [0.25, 0.3) is 55.6 Å². The van der Waals surface area contributed by atoms with E-state index in [1.165, 1.54) is 0 Å². The molecule has 50 heavy (non-hydrogen) atoms. The molecule has 2 atom stereocenters. The number of nitrogens with one attached hydrogen (secondary N) is 2. The lowest BCUT2D eigenvalue weighted by molar-refractivity contribution is 0.409. The highest BCUT2D eigenvalue weighted by atomic mass is 15.3. The van der Waals surface area contributed by atoms with E-state index in [-0.39, 0.29) is 12.3 Å². The van der Waals surface area contributed by atoms with E-state index in [1.54, 1.807) is 6.20 Å². The van der Waals surface area contributed by atoms with Crippen LogP contribution in [0, 0.1) is 0 Å². The zero-order chi connectivity index (χ0) is 33.3. The molecule has 5 aromatic carbocycles. The highest BCUT2D eigenvalue weighted by Crippen LogP contribution is 2.30. The Morgan fingerprint density at radius 3 is 1.82 bits per heavy atom. The second-order valence-electron chi connectivity index (χ2n) is 12.4. The standard InChI is InChI=1S/C44H32N6/c1-3-10-31(11-4-1)42-48-43(32-12-5-2-6-13-32)50-44(49-42)36-15-9-14-33(26-36)34-19-17-29-21-23-37(46-40(29)27-34)35-20-18-30-22-24-39(47-41(30)28-35)38-16-7-8-25-45-38/h1-28,42-43,48H,(H,49,50). The summed E-state index contributed by atoms with van der Waals surface area (Å²) in [5, 5.41) is 9.51. The second kappa shape index (κ2) is 12.8. The fourth-order valence-corrected chi connectivity index (χ4v) is 6.57. The molecule has 0 bridgehead atoms. The SMILES string of the molecule is c1ccc(C2N=C(c3cccc(-c4ccc5ccc(-c6ccc7ccc(-c8ccccn8)nc7c6)nc5c4)c3)NC(c3ccccc3)N2)cc1. The molecule has 6 nitrogen and oxygen atoms in total. The van der Waals surface area contributed by atoms with Crippen molar-refractivity contribution in [3.8, 4) is 33.8 Å². The molecule has 0 amide bonds. The Morgan fingerprint density at radius 1 is 0.440 bits per heavy atom. The maximum Gasteiger partial charge on any atom is 0.131 e. The molecule has 238 valence electrons. The van der Waals surface area contributed by atoms with Gasteiger partial charge in [0.25, 0.3) is 0 Å². The van der Waals surface area contributed by atoms with Gasteiger partial charge in [0.2, 0.25) is 0 Å². The first kappa shape index (κ1) is 29.6. The number of amidine groups is 1. The molecule has 6 heteroatoms. The summed E-state index contributed by atoms with van der Waals surface area (Å²) in [4.78, 5) is 19.7. The van der Waals surface area contributed by atoms with Crippen molar-refractivity contribution < 1.29 is 0 Å². The molecule has 0 saturated heterocycles. The van der Waals surface area contributed by atoms with Crippen molar-refractivity contribution in [2.45, 2.75) is 12.3 Å². The Labute approximate surface area is 290 Å². The van der Waals surface area contributed by atoms with Gasteiger partial charge < -0.3 is 5.32 Å². The van der Waals surface area contributed by atoms with E-state index in [2.05, 4.69) is 143 Å². The molecule has 4 heterocycles. The van der Waals surface area contributed by atoms with Crippen molar-refractivity contribution in [3.05, 3.63) is 187 Å². The van der Waals surface area contributed by atoms with Crippen molar-refractivity contribution >= 4 is 27.6 Å². The number of aliphatic imine (C=N–C) groups is 1. The van der Waals surface area contributed by atoms with E-state index in [0.29, 0.717) is 0 Å². The molecule has 0 spiro atoms. The third-order valence-electron chi connectivity index (χ3n) is 9.19. The topological polar surface area (TPSA) is 75.1 Å². The van der Waals surface area contributed by atoms with Crippen LogP contribution in [0.3, 0.4) is 0 Å². The summed E-state index contributed by atoms with van der Waals surface area (Å²) in [6.45, 7) is 0. The first-order valence-electron chi connectivity index (χ1n) is 16.8. The van der Waals surface area contributed by atoms with Gasteiger partial charge in [0.05, 0.1) is 28.1 Å². The third-order valence-corrected chi connectivity index (χ3v) is 9.19. The van der Waals surface area contributed by atoms with Crippen LogP contribution in [-0.4, -0.2) is 20.8 Å². The van der Waals surface area contributed by atoms with E-state index in [0.717, 1.165) is 78.1 Å². The van der Waals surface area contributed by atoms with Crippen molar-refractivity contribution in [1.29, 1.82) is 0 Å². The number of hydrogen-bond donors (Lipinski definition) is 2. The summed E-state index contributed by atoms with van der Waals surface area (Å²) in [6.07, 6.45) is 1.52. The quantitative estimate of drug-likeness (QED) is 0.189. The van der Waals surface area contributed by atoms with Crippen LogP contribution in [0.5, 0.6) is 0 Å². The second-order valence-corrected chi connectivity index (χ2v) is 12.4. The fraction of sp³-hybridized carbons (Fsp3) is 0.0455. The predicted molar refractivity (Wildman–Crippen MR) is 202 cm³/mol. The van der Waals surface area contributed by atoms with E-state index in [9.17, 15) is 0 Å². The molecule has 1 aliphatic heterocycles. The van der Waals surface area contributed by atoms with Crippen LogP contribution in [0.1, 0.15) is 29.0 Å². The molecule has 0 radical (unpaired) electrons. The van der Waals surface area contributed by atoms with Gasteiger partial charge in [-0.3, -0.25) is 10.3 Å². The minimum Gasteiger partial charge on any atom is -0.350 e. The summed E-state index contributed by atoms with van der Waals surface area (Å²) >= 11 is 0. The van der Waals surface area contributed by atoms with E-state index < -0.39 is 0 Å². The van der Waals surface area contributed by atoms with Crippen molar-refractivity contribution in [2.24, 2.45) is 4.99 Å². The average molecular weight is 645 g/mol. The zero-order valence-corrected chi connectivity index (χ0v) is 27.1. The van der Waals surface area contributed by atoms with Crippen molar-refractivity contribution in [2.75, 3.05) is 0 Å². The third kappa shape index (κ3) is 5.89. The smallest absolute Gasteiger partial charge is 0.131 e. The van der Waals surface area contributed by atoms with E-state index >= 15 is 0 Å². The lowest BCUT2D eigenvalue weighted by Gasteiger charge is -2.32. The number of fused-ring (bicyclic) bond motifs is 2. The molecule has 1 aliphatic rings. The average Bonchev–Trinajstić information content (AvgIpc) is 3.21. The van der Waals surface area contributed by atoms with Crippen LogP contribution >= 0.6 is 0 Å². The molecular formula is C44H32N6. The number of nitrogens with zero attached hydrogens (tertiary/aromatic N) is 4. The molecule has 0 saturated carbocycles. The van der Waals surface area contributed by atoms with Crippen LogP contribution in [0.4, 0.5) is 0 Å². The van der Waals surface area contributed by atoms with Crippen LogP contribution in [-0.2, 0) is 0 Å². The van der Waals surface area contributed by atoms with Crippen LogP contribution < -0.4 is 10.6 Å². The van der Waals surface area contributed by atoms with Gasteiger partial charge in [-0.05, 0) is 64.7 Å². The Morgan fingerprint density at radius 2 is 1.06 bits per heavy atom. The summed E-state index contributed by atoms with van der Waals surface area (Å²) in [6, 6.07) is 56.4. The molecule has 0 fully saturated rings. The Balaban J connectivity index is 1.05. The summed E-state index contributed by atoms with van der Waals surface area (Å²) in [7, 11) is 0. The summed E-state index contributed by atoms with van der Waals surface area (Å²) < 4.78 is 0. The predicted octanol–water partition coefficient (Wildman–Crippen LogP) is 9.52. The summed E-state index contributed by atoms with van der Waals surface area (Å²) in [5.74, 6) is 0.852. The zero-order valence-electron chi connectivity index (χ0n) is 27.1. The Kier molecular flexibility index (Phi) is 7.61.